The number of rotatable bonds is 1. The van der Waals surface area contributed by atoms with Gasteiger partial charge in [0.15, 0.2) is 0 Å². The van der Waals surface area contributed by atoms with Gasteiger partial charge in [0.25, 0.3) is 0 Å². The predicted octanol–water partition coefficient (Wildman–Crippen LogP) is 2.21. The van der Waals surface area contributed by atoms with E-state index in [-0.39, 0.29) is 17.6 Å². The van der Waals surface area contributed by atoms with E-state index in [0.29, 0.717) is 12.0 Å². The third-order valence-corrected chi connectivity index (χ3v) is 3.11. The fourth-order valence-electron chi connectivity index (χ4n) is 2.07. The van der Waals surface area contributed by atoms with Gasteiger partial charge < -0.3 is 9.84 Å². The Morgan fingerprint density at radius 1 is 1.38 bits per heavy atom. The minimum atomic E-state index is -0.331. The van der Waals surface area contributed by atoms with E-state index in [9.17, 15) is 5.11 Å². The van der Waals surface area contributed by atoms with Crippen LogP contribution in [-0.2, 0) is 4.74 Å². The van der Waals surface area contributed by atoms with Gasteiger partial charge in [-0.3, -0.25) is 0 Å². The SMILES string of the molecule is CC(C)[C@H]1CC(C)(C)[C@@H](O)[C@H](C)O1. The molecule has 1 N–H and O–H groups in total. The van der Waals surface area contributed by atoms with Crippen molar-refractivity contribution < 1.29 is 9.84 Å². The van der Waals surface area contributed by atoms with Crippen LogP contribution in [0.5, 0.6) is 0 Å². The van der Waals surface area contributed by atoms with Crippen molar-refractivity contribution in [3.05, 3.63) is 0 Å². The summed E-state index contributed by atoms with van der Waals surface area (Å²) in [6, 6.07) is 0. The lowest BCUT2D eigenvalue weighted by Crippen LogP contribution is -2.49. The highest BCUT2D eigenvalue weighted by Crippen LogP contribution is 2.38. The van der Waals surface area contributed by atoms with Crippen molar-refractivity contribution in [3.8, 4) is 0 Å². The lowest BCUT2D eigenvalue weighted by molar-refractivity contribution is -0.175. The summed E-state index contributed by atoms with van der Waals surface area (Å²) in [4.78, 5) is 0. The number of aliphatic hydroxyl groups is 1. The molecule has 0 radical (unpaired) electrons. The molecule has 0 aromatic heterocycles. The van der Waals surface area contributed by atoms with Crippen molar-refractivity contribution in [2.75, 3.05) is 0 Å². The molecule has 0 amide bonds. The summed E-state index contributed by atoms with van der Waals surface area (Å²) in [6.07, 6.45) is 0.892. The zero-order valence-electron chi connectivity index (χ0n) is 9.37. The van der Waals surface area contributed by atoms with Crippen LogP contribution in [0.15, 0.2) is 0 Å². The second-order valence-electron chi connectivity index (χ2n) is 5.26. The summed E-state index contributed by atoms with van der Waals surface area (Å²) in [5.41, 5.74) is -0.00734. The van der Waals surface area contributed by atoms with Crippen molar-refractivity contribution in [2.45, 2.75) is 59.4 Å². The summed E-state index contributed by atoms with van der Waals surface area (Å²) in [5, 5.41) is 9.88. The quantitative estimate of drug-likeness (QED) is 0.680. The second-order valence-corrected chi connectivity index (χ2v) is 5.26. The van der Waals surface area contributed by atoms with Crippen molar-refractivity contribution in [3.63, 3.8) is 0 Å². The highest BCUT2D eigenvalue weighted by molar-refractivity contribution is 4.90. The zero-order valence-corrected chi connectivity index (χ0v) is 9.37. The maximum atomic E-state index is 9.88. The molecule has 1 rings (SSSR count). The Kier molecular flexibility index (Phi) is 3.03. The van der Waals surface area contributed by atoms with E-state index < -0.39 is 0 Å². The molecule has 1 aliphatic heterocycles. The van der Waals surface area contributed by atoms with Crippen LogP contribution in [0, 0.1) is 11.3 Å². The molecule has 1 saturated heterocycles. The first-order chi connectivity index (χ1) is 5.84. The molecule has 0 spiro atoms. The molecule has 0 bridgehead atoms. The van der Waals surface area contributed by atoms with Crippen molar-refractivity contribution in [1.29, 1.82) is 0 Å². The molecular formula is C11H22O2. The summed E-state index contributed by atoms with van der Waals surface area (Å²) < 4.78 is 5.75. The molecule has 2 nitrogen and oxygen atoms in total. The van der Waals surface area contributed by atoms with Crippen LogP contribution in [0.3, 0.4) is 0 Å². The maximum absolute atomic E-state index is 9.88. The molecule has 1 heterocycles. The van der Waals surface area contributed by atoms with Crippen LogP contribution < -0.4 is 0 Å². The van der Waals surface area contributed by atoms with Gasteiger partial charge in [0, 0.05) is 0 Å². The van der Waals surface area contributed by atoms with Gasteiger partial charge >= 0.3 is 0 Å². The van der Waals surface area contributed by atoms with Crippen LogP contribution in [0.4, 0.5) is 0 Å². The third-order valence-electron chi connectivity index (χ3n) is 3.11. The molecule has 0 unspecified atom stereocenters. The monoisotopic (exact) mass is 186 g/mol. The van der Waals surface area contributed by atoms with Gasteiger partial charge in [-0.25, -0.2) is 0 Å². The Balaban J connectivity index is 2.70. The average molecular weight is 186 g/mol. The fraction of sp³-hybridized carbons (Fsp3) is 1.00. The number of aliphatic hydroxyl groups excluding tert-OH is 1. The molecular weight excluding hydrogens is 164 g/mol. The molecule has 2 heteroatoms. The van der Waals surface area contributed by atoms with Gasteiger partial charge in [-0.15, -0.1) is 0 Å². The van der Waals surface area contributed by atoms with E-state index in [1.54, 1.807) is 0 Å². The Bertz CT molecular complexity index is 175. The van der Waals surface area contributed by atoms with E-state index in [0.717, 1.165) is 6.42 Å². The smallest absolute Gasteiger partial charge is 0.0850 e. The molecule has 0 aromatic rings. The van der Waals surface area contributed by atoms with Gasteiger partial charge in [-0.2, -0.15) is 0 Å². The predicted molar refractivity (Wildman–Crippen MR) is 53.6 cm³/mol. The molecule has 0 saturated carbocycles. The van der Waals surface area contributed by atoms with Crippen LogP contribution >= 0.6 is 0 Å². The number of ether oxygens (including phenoxy) is 1. The van der Waals surface area contributed by atoms with Crippen LogP contribution in [0.2, 0.25) is 0 Å². The van der Waals surface area contributed by atoms with Crippen LogP contribution in [-0.4, -0.2) is 23.4 Å². The lowest BCUT2D eigenvalue weighted by atomic mass is 9.75. The molecule has 0 aromatic carbocycles. The highest BCUT2D eigenvalue weighted by atomic mass is 16.5. The zero-order chi connectivity index (χ0) is 10.2. The third kappa shape index (κ3) is 2.23. The van der Waals surface area contributed by atoms with Crippen LogP contribution in [0.25, 0.3) is 0 Å². The maximum Gasteiger partial charge on any atom is 0.0850 e. The van der Waals surface area contributed by atoms with Crippen molar-refractivity contribution >= 4 is 0 Å². The summed E-state index contributed by atoms with van der Waals surface area (Å²) in [6.45, 7) is 10.5. The number of hydrogen-bond donors (Lipinski definition) is 1. The van der Waals surface area contributed by atoms with Crippen molar-refractivity contribution in [2.24, 2.45) is 11.3 Å². The Hall–Kier alpha value is -0.0800. The first-order valence-corrected chi connectivity index (χ1v) is 5.18. The van der Waals surface area contributed by atoms with E-state index in [2.05, 4.69) is 27.7 Å². The second kappa shape index (κ2) is 3.58. The number of hydrogen-bond acceptors (Lipinski definition) is 2. The first-order valence-electron chi connectivity index (χ1n) is 5.18. The summed E-state index contributed by atoms with van der Waals surface area (Å²) in [5.74, 6) is 0.536. The minimum absolute atomic E-state index is 0.00734. The topological polar surface area (TPSA) is 29.5 Å². The van der Waals surface area contributed by atoms with E-state index in [1.807, 2.05) is 6.92 Å². The van der Waals surface area contributed by atoms with Gasteiger partial charge in [0.1, 0.15) is 0 Å². The minimum Gasteiger partial charge on any atom is -0.390 e. The Labute approximate surface area is 81.3 Å². The molecule has 1 fully saturated rings. The molecule has 78 valence electrons. The Morgan fingerprint density at radius 3 is 2.31 bits per heavy atom. The van der Waals surface area contributed by atoms with Crippen LogP contribution in [0.1, 0.15) is 41.0 Å². The average Bonchev–Trinajstić information content (AvgIpc) is 1.99. The van der Waals surface area contributed by atoms with Gasteiger partial charge in [0.05, 0.1) is 18.3 Å². The highest BCUT2D eigenvalue weighted by Gasteiger charge is 2.41. The van der Waals surface area contributed by atoms with Gasteiger partial charge in [0.2, 0.25) is 0 Å². The molecule has 13 heavy (non-hydrogen) atoms. The molecule has 0 aliphatic carbocycles. The molecule has 3 atom stereocenters. The standard InChI is InChI=1S/C11H22O2/c1-7(2)9-6-11(4,5)10(12)8(3)13-9/h7-10,12H,6H2,1-5H3/t8-,9+,10-/m0/s1. The van der Waals surface area contributed by atoms with Crippen molar-refractivity contribution in [1.82, 2.24) is 0 Å². The van der Waals surface area contributed by atoms with E-state index in [4.69, 9.17) is 4.74 Å². The first kappa shape index (κ1) is 11.0. The summed E-state index contributed by atoms with van der Waals surface area (Å²) in [7, 11) is 0. The van der Waals surface area contributed by atoms with Gasteiger partial charge in [-0.1, -0.05) is 27.7 Å². The Morgan fingerprint density at radius 2 is 1.92 bits per heavy atom. The lowest BCUT2D eigenvalue weighted by Gasteiger charge is -2.44. The van der Waals surface area contributed by atoms with E-state index >= 15 is 0 Å². The normalized spacial score (nSPS) is 39.5. The summed E-state index contributed by atoms with van der Waals surface area (Å²) >= 11 is 0. The van der Waals surface area contributed by atoms with E-state index in [1.165, 1.54) is 0 Å². The van der Waals surface area contributed by atoms with Gasteiger partial charge in [-0.05, 0) is 24.7 Å². The largest absolute Gasteiger partial charge is 0.390 e. The molecule has 1 aliphatic rings. The fourth-order valence-corrected chi connectivity index (χ4v) is 2.07.